The lowest BCUT2D eigenvalue weighted by Gasteiger charge is -2.21. The van der Waals surface area contributed by atoms with Crippen LogP contribution in [0.15, 0.2) is 23.4 Å². The van der Waals surface area contributed by atoms with Crippen LogP contribution in [0.4, 0.5) is 0 Å². The molecule has 2 rings (SSSR count). The molecule has 0 saturated heterocycles. The van der Waals surface area contributed by atoms with Gasteiger partial charge in [0, 0.05) is 11.5 Å². The minimum absolute atomic E-state index is 0.157. The van der Waals surface area contributed by atoms with Crippen LogP contribution in [-0.2, 0) is 4.84 Å². The van der Waals surface area contributed by atoms with Gasteiger partial charge in [-0.2, -0.15) is 0 Å². The van der Waals surface area contributed by atoms with Crippen LogP contribution in [0, 0.1) is 5.92 Å². The second kappa shape index (κ2) is 3.94. The van der Waals surface area contributed by atoms with Gasteiger partial charge >= 0.3 is 0 Å². The van der Waals surface area contributed by atoms with Gasteiger partial charge in [0.15, 0.2) is 0 Å². The van der Waals surface area contributed by atoms with Gasteiger partial charge in [0.2, 0.25) is 0 Å². The Balaban J connectivity index is 2.48. The van der Waals surface area contributed by atoms with Crippen molar-refractivity contribution in [2.45, 2.75) is 26.4 Å². The molecule has 1 aromatic carbocycles. The Bertz CT molecular complexity index is 434. The Morgan fingerprint density at radius 2 is 1.81 bits per heavy atom. The third kappa shape index (κ3) is 1.80. The van der Waals surface area contributed by atoms with Gasteiger partial charge in [-0.25, -0.2) is 0 Å². The first-order valence-corrected chi connectivity index (χ1v) is 5.89. The van der Waals surface area contributed by atoms with Crippen LogP contribution in [-0.4, -0.2) is 11.3 Å². The summed E-state index contributed by atoms with van der Waals surface area (Å²) in [5.41, 5.74) is 1.29. The van der Waals surface area contributed by atoms with Gasteiger partial charge in [-0.1, -0.05) is 41.3 Å². The molecule has 1 aliphatic heterocycles. The Labute approximate surface area is 105 Å². The molecule has 0 aromatic heterocycles. The summed E-state index contributed by atoms with van der Waals surface area (Å²) in [6, 6.07) is 5.44. The van der Waals surface area contributed by atoms with E-state index in [1.807, 2.05) is 32.0 Å². The minimum atomic E-state index is -0.308. The minimum Gasteiger partial charge on any atom is -0.389 e. The van der Waals surface area contributed by atoms with E-state index in [2.05, 4.69) is 12.1 Å². The zero-order valence-electron chi connectivity index (χ0n) is 9.42. The Morgan fingerprint density at radius 1 is 1.25 bits per heavy atom. The summed E-state index contributed by atoms with van der Waals surface area (Å²) in [6.07, 6.45) is 0. The van der Waals surface area contributed by atoms with Crippen LogP contribution in [0.3, 0.4) is 0 Å². The van der Waals surface area contributed by atoms with Crippen molar-refractivity contribution >= 4 is 28.9 Å². The van der Waals surface area contributed by atoms with Crippen molar-refractivity contribution in [3.05, 3.63) is 33.8 Å². The predicted octanol–water partition coefficient (Wildman–Crippen LogP) is 4.14. The van der Waals surface area contributed by atoms with Crippen LogP contribution in [0.5, 0.6) is 0 Å². The first-order chi connectivity index (χ1) is 7.43. The molecule has 0 N–H and O–H groups in total. The Hall–Kier alpha value is -0.730. The third-order valence-electron chi connectivity index (χ3n) is 3.05. The maximum atomic E-state index is 6.15. The van der Waals surface area contributed by atoms with Gasteiger partial charge in [-0.3, -0.25) is 0 Å². The fraction of sp³-hybridized carbons (Fsp3) is 0.417. The average Bonchev–Trinajstić information content (AvgIpc) is 2.45. The molecule has 0 fully saturated rings. The number of oxime groups is 1. The maximum absolute atomic E-state index is 6.15. The maximum Gasteiger partial charge on any atom is 0.140 e. The van der Waals surface area contributed by atoms with E-state index in [9.17, 15) is 0 Å². The monoisotopic (exact) mass is 257 g/mol. The van der Waals surface area contributed by atoms with E-state index in [1.165, 1.54) is 0 Å². The molecule has 0 saturated carbocycles. The number of hydrogen-bond acceptors (Lipinski definition) is 2. The zero-order valence-corrected chi connectivity index (χ0v) is 10.9. The highest BCUT2D eigenvalue weighted by atomic mass is 35.5. The second-order valence-corrected chi connectivity index (χ2v) is 5.30. The van der Waals surface area contributed by atoms with Gasteiger partial charge in [0.25, 0.3) is 0 Å². The van der Waals surface area contributed by atoms with Crippen molar-refractivity contribution in [2.24, 2.45) is 11.1 Å². The molecular weight excluding hydrogens is 245 g/mol. The quantitative estimate of drug-likeness (QED) is 0.741. The van der Waals surface area contributed by atoms with E-state index in [4.69, 9.17) is 28.0 Å². The number of halogens is 2. The third-order valence-corrected chi connectivity index (χ3v) is 3.68. The van der Waals surface area contributed by atoms with Crippen molar-refractivity contribution in [3.63, 3.8) is 0 Å². The summed E-state index contributed by atoms with van der Waals surface area (Å²) in [5.74, 6) is 0.157. The van der Waals surface area contributed by atoms with Gasteiger partial charge in [-0.15, -0.1) is 0 Å². The molecule has 16 heavy (non-hydrogen) atoms. The van der Waals surface area contributed by atoms with Crippen LogP contribution < -0.4 is 0 Å². The van der Waals surface area contributed by atoms with Gasteiger partial charge in [0.1, 0.15) is 5.60 Å². The summed E-state index contributed by atoms with van der Waals surface area (Å²) in [7, 11) is 0. The molecule has 0 radical (unpaired) electrons. The second-order valence-electron chi connectivity index (χ2n) is 4.49. The summed E-state index contributed by atoms with van der Waals surface area (Å²) < 4.78 is 0. The first kappa shape index (κ1) is 11.7. The smallest absolute Gasteiger partial charge is 0.140 e. The standard InChI is InChI=1S/C12H13Cl2NO/c1-7-11(15-16-12(7,2)3)10-8(13)5-4-6-9(10)14/h4-7H,1-3H3. The van der Waals surface area contributed by atoms with Gasteiger partial charge in [0.05, 0.1) is 15.8 Å². The molecule has 1 atom stereocenters. The molecule has 86 valence electrons. The van der Waals surface area contributed by atoms with E-state index >= 15 is 0 Å². The summed E-state index contributed by atoms with van der Waals surface area (Å²) >= 11 is 12.3. The van der Waals surface area contributed by atoms with Gasteiger partial charge in [-0.05, 0) is 26.0 Å². The molecule has 1 aliphatic rings. The normalized spacial score (nSPS) is 22.8. The summed E-state index contributed by atoms with van der Waals surface area (Å²) in [5, 5.41) is 5.33. The highest BCUT2D eigenvalue weighted by Gasteiger charge is 2.39. The highest BCUT2D eigenvalue weighted by Crippen LogP contribution is 2.36. The number of rotatable bonds is 1. The molecule has 1 unspecified atom stereocenters. The lowest BCUT2D eigenvalue weighted by molar-refractivity contribution is -0.0102. The molecular formula is C12H13Cl2NO. The topological polar surface area (TPSA) is 21.6 Å². The molecule has 2 nitrogen and oxygen atoms in total. The molecule has 0 aliphatic carbocycles. The zero-order chi connectivity index (χ0) is 11.9. The highest BCUT2D eigenvalue weighted by molar-refractivity contribution is 6.40. The van der Waals surface area contributed by atoms with E-state index in [0.29, 0.717) is 10.0 Å². The van der Waals surface area contributed by atoms with Crippen molar-refractivity contribution in [1.82, 2.24) is 0 Å². The van der Waals surface area contributed by atoms with Crippen molar-refractivity contribution in [1.29, 1.82) is 0 Å². The Morgan fingerprint density at radius 3 is 2.25 bits per heavy atom. The van der Waals surface area contributed by atoms with E-state index < -0.39 is 0 Å². The SMILES string of the molecule is CC1C(c2c(Cl)cccc2Cl)=NOC1(C)C. The van der Waals surface area contributed by atoms with Gasteiger partial charge < -0.3 is 4.84 Å². The lowest BCUT2D eigenvalue weighted by Crippen LogP contribution is -2.30. The molecule has 0 amide bonds. The molecule has 1 heterocycles. The predicted molar refractivity (Wildman–Crippen MR) is 67.3 cm³/mol. The van der Waals surface area contributed by atoms with E-state index in [1.54, 1.807) is 0 Å². The van der Waals surface area contributed by atoms with E-state index in [0.717, 1.165) is 11.3 Å². The number of benzene rings is 1. The summed E-state index contributed by atoms with van der Waals surface area (Å²) in [6.45, 7) is 6.06. The van der Waals surface area contributed by atoms with E-state index in [-0.39, 0.29) is 11.5 Å². The lowest BCUT2D eigenvalue weighted by atomic mass is 9.86. The molecule has 1 aromatic rings. The van der Waals surface area contributed by atoms with Crippen molar-refractivity contribution in [3.8, 4) is 0 Å². The van der Waals surface area contributed by atoms with Crippen LogP contribution >= 0.6 is 23.2 Å². The summed E-state index contributed by atoms with van der Waals surface area (Å²) in [4.78, 5) is 5.40. The molecule has 0 bridgehead atoms. The van der Waals surface area contributed by atoms with Crippen LogP contribution in [0.25, 0.3) is 0 Å². The molecule has 4 heteroatoms. The molecule has 0 spiro atoms. The van der Waals surface area contributed by atoms with Crippen LogP contribution in [0.1, 0.15) is 26.3 Å². The Kier molecular flexibility index (Phi) is 2.89. The van der Waals surface area contributed by atoms with Crippen molar-refractivity contribution < 1.29 is 4.84 Å². The van der Waals surface area contributed by atoms with Crippen LogP contribution in [0.2, 0.25) is 10.0 Å². The number of nitrogens with zero attached hydrogens (tertiary/aromatic N) is 1. The average molecular weight is 258 g/mol. The fourth-order valence-corrected chi connectivity index (χ4v) is 2.25. The largest absolute Gasteiger partial charge is 0.389 e. The first-order valence-electron chi connectivity index (χ1n) is 5.14. The fourth-order valence-electron chi connectivity index (χ4n) is 1.66. The number of hydrogen-bond donors (Lipinski definition) is 0. The van der Waals surface area contributed by atoms with Crippen molar-refractivity contribution in [2.75, 3.05) is 0 Å².